The van der Waals surface area contributed by atoms with Gasteiger partial charge in [-0.15, -0.1) is 0 Å². The third-order valence-electron chi connectivity index (χ3n) is 5.42. The Morgan fingerprint density at radius 2 is 1.65 bits per heavy atom. The van der Waals surface area contributed by atoms with E-state index >= 15 is 0 Å². The number of aromatic hydroxyl groups is 3. The minimum atomic E-state index is -5.09. The SMILES string of the molecule is O=c1c(O[C@@H]2OC(CO)[C@@H](O)[C@H](O)C2O)c(-c2ccc(O)c(OS(=O)(=O)O)c2)oc2cc(O)cc(O)c12. The lowest BCUT2D eigenvalue weighted by Crippen LogP contribution is -2.60. The Hall–Kier alpha value is -3.64. The summed E-state index contributed by atoms with van der Waals surface area (Å²) in [6.45, 7) is -0.807. The Kier molecular flexibility index (Phi) is 6.91. The molecule has 15 nitrogen and oxygen atoms in total. The molecule has 0 spiro atoms. The first kappa shape index (κ1) is 26.4. The van der Waals surface area contributed by atoms with Crippen LogP contribution >= 0.6 is 0 Å². The molecule has 1 saturated heterocycles. The molecule has 2 heterocycles. The summed E-state index contributed by atoms with van der Waals surface area (Å²) in [4.78, 5) is 13.4. The third-order valence-corrected chi connectivity index (χ3v) is 5.81. The summed E-state index contributed by atoms with van der Waals surface area (Å²) in [5.74, 6) is -4.06. The van der Waals surface area contributed by atoms with Crippen LogP contribution in [0.15, 0.2) is 39.5 Å². The Morgan fingerprint density at radius 3 is 2.30 bits per heavy atom. The Morgan fingerprint density at radius 1 is 0.946 bits per heavy atom. The van der Waals surface area contributed by atoms with E-state index in [1.807, 2.05) is 0 Å². The van der Waals surface area contributed by atoms with Crippen LogP contribution in [0, 0.1) is 0 Å². The molecule has 3 aromatic rings. The van der Waals surface area contributed by atoms with Crippen molar-refractivity contribution in [3.8, 4) is 40.1 Å². The van der Waals surface area contributed by atoms with Gasteiger partial charge in [-0.25, -0.2) is 0 Å². The van der Waals surface area contributed by atoms with Crippen molar-refractivity contribution in [3.05, 3.63) is 40.6 Å². The number of fused-ring (bicyclic) bond motifs is 1. The van der Waals surface area contributed by atoms with Crippen molar-refractivity contribution in [1.29, 1.82) is 0 Å². The minimum Gasteiger partial charge on any atom is -0.508 e. The highest BCUT2D eigenvalue weighted by Crippen LogP contribution is 2.40. The summed E-state index contributed by atoms with van der Waals surface area (Å²) < 4.78 is 51.9. The summed E-state index contributed by atoms with van der Waals surface area (Å²) in [6.07, 6.45) is -8.85. The molecular weight excluding hydrogens is 524 g/mol. The zero-order chi connectivity index (χ0) is 27.2. The minimum absolute atomic E-state index is 0.210. The summed E-state index contributed by atoms with van der Waals surface area (Å²) in [5, 5.41) is 69.3. The van der Waals surface area contributed by atoms with E-state index in [1.165, 1.54) is 0 Å². The number of phenolic OH excluding ortho intramolecular Hbond substituents is 3. The Balaban J connectivity index is 1.92. The second-order valence-corrected chi connectivity index (χ2v) is 8.96. The van der Waals surface area contributed by atoms with Crippen LogP contribution in [0.3, 0.4) is 0 Å². The number of ether oxygens (including phenoxy) is 2. The highest BCUT2D eigenvalue weighted by Gasteiger charge is 2.45. The van der Waals surface area contributed by atoms with Crippen molar-refractivity contribution >= 4 is 21.4 Å². The van der Waals surface area contributed by atoms with Gasteiger partial charge in [0.1, 0.15) is 46.9 Å². The summed E-state index contributed by atoms with van der Waals surface area (Å²) >= 11 is 0. The first-order chi connectivity index (χ1) is 17.3. The molecule has 0 aliphatic carbocycles. The monoisotopic (exact) mass is 544 g/mol. The van der Waals surface area contributed by atoms with Crippen LogP contribution in [0.2, 0.25) is 0 Å². The van der Waals surface area contributed by atoms with E-state index < -0.39 is 93.0 Å². The van der Waals surface area contributed by atoms with Crippen LogP contribution in [0.1, 0.15) is 0 Å². The van der Waals surface area contributed by atoms with Crippen LogP contribution < -0.4 is 14.3 Å². The van der Waals surface area contributed by atoms with E-state index in [0.29, 0.717) is 0 Å². The number of phenols is 3. The fourth-order valence-corrected chi connectivity index (χ4v) is 4.04. The zero-order valence-corrected chi connectivity index (χ0v) is 19.1. The third kappa shape index (κ3) is 5.12. The van der Waals surface area contributed by atoms with Crippen molar-refractivity contribution in [2.45, 2.75) is 30.7 Å². The molecule has 1 aliphatic heterocycles. The van der Waals surface area contributed by atoms with Crippen molar-refractivity contribution < 1.29 is 66.8 Å². The van der Waals surface area contributed by atoms with Crippen molar-refractivity contribution in [2.75, 3.05) is 6.61 Å². The van der Waals surface area contributed by atoms with Gasteiger partial charge in [-0.3, -0.25) is 9.35 Å². The lowest BCUT2D eigenvalue weighted by molar-refractivity contribution is -0.277. The number of aliphatic hydroxyl groups excluding tert-OH is 4. The van der Waals surface area contributed by atoms with Crippen molar-refractivity contribution in [2.24, 2.45) is 0 Å². The molecule has 2 unspecified atom stereocenters. The number of benzene rings is 2. The topological polar surface area (TPSA) is 254 Å². The van der Waals surface area contributed by atoms with Gasteiger partial charge in [0.2, 0.25) is 17.5 Å². The summed E-state index contributed by atoms with van der Waals surface area (Å²) in [6, 6.07) is 4.65. The maximum absolute atomic E-state index is 13.4. The lowest BCUT2D eigenvalue weighted by Gasteiger charge is -2.39. The van der Waals surface area contributed by atoms with Crippen LogP contribution in [-0.2, 0) is 15.1 Å². The first-order valence-corrected chi connectivity index (χ1v) is 11.7. The fourth-order valence-electron chi connectivity index (χ4n) is 3.68. The van der Waals surface area contributed by atoms with Crippen LogP contribution in [0.5, 0.6) is 28.7 Å². The molecule has 8 N–H and O–H groups in total. The standard InChI is InChI=1S/C21H20O15S/c22-6-13-15(26)17(28)18(29)21(34-13)35-20-16(27)14-10(25)4-8(23)5-12(14)33-19(20)7-1-2-9(24)11(3-7)36-37(30,31)32/h1-5,13,15,17-18,21-26,28-29H,6H2,(H,30,31,32)/t13?,15-,17+,18?,21+/m1/s1. The van der Waals surface area contributed by atoms with Crippen molar-refractivity contribution in [3.63, 3.8) is 0 Å². The molecule has 1 fully saturated rings. The lowest BCUT2D eigenvalue weighted by atomic mass is 9.99. The maximum Gasteiger partial charge on any atom is 0.446 e. The number of rotatable bonds is 6. The van der Waals surface area contributed by atoms with E-state index in [-0.39, 0.29) is 11.1 Å². The van der Waals surface area contributed by atoms with E-state index in [1.54, 1.807) is 0 Å². The first-order valence-electron chi connectivity index (χ1n) is 10.3. The molecule has 200 valence electrons. The molecule has 0 radical (unpaired) electrons. The predicted molar refractivity (Wildman–Crippen MR) is 119 cm³/mol. The van der Waals surface area contributed by atoms with Gasteiger partial charge in [0, 0.05) is 17.7 Å². The maximum atomic E-state index is 13.4. The largest absolute Gasteiger partial charge is 0.508 e. The van der Waals surface area contributed by atoms with Crippen LogP contribution in [0.4, 0.5) is 0 Å². The molecule has 1 aliphatic rings. The fraction of sp³-hybridized carbons (Fsp3) is 0.286. The second-order valence-electron chi connectivity index (χ2n) is 7.94. The summed E-state index contributed by atoms with van der Waals surface area (Å²) in [5.41, 5.74) is -1.67. The van der Waals surface area contributed by atoms with Crippen molar-refractivity contribution in [1.82, 2.24) is 0 Å². The molecule has 5 atom stereocenters. The molecule has 0 saturated carbocycles. The molecule has 1 aromatic heterocycles. The van der Waals surface area contributed by atoms with Gasteiger partial charge in [0.15, 0.2) is 17.3 Å². The van der Waals surface area contributed by atoms with Gasteiger partial charge in [-0.2, -0.15) is 8.42 Å². The van der Waals surface area contributed by atoms with Gasteiger partial charge < -0.3 is 53.8 Å². The molecule has 2 aromatic carbocycles. The van der Waals surface area contributed by atoms with Gasteiger partial charge >= 0.3 is 10.4 Å². The van der Waals surface area contributed by atoms with Crippen LogP contribution in [-0.4, -0.2) is 86.0 Å². The van der Waals surface area contributed by atoms with Crippen LogP contribution in [0.25, 0.3) is 22.3 Å². The van der Waals surface area contributed by atoms with E-state index in [2.05, 4.69) is 4.18 Å². The molecule has 0 amide bonds. The van der Waals surface area contributed by atoms with Gasteiger partial charge in [0.25, 0.3) is 0 Å². The Bertz CT molecular complexity index is 1500. The normalized spacial score (nSPS) is 24.2. The highest BCUT2D eigenvalue weighted by atomic mass is 32.3. The second kappa shape index (κ2) is 9.67. The van der Waals surface area contributed by atoms with E-state index in [4.69, 9.17) is 18.4 Å². The quantitative estimate of drug-likeness (QED) is 0.172. The number of aliphatic hydroxyl groups is 4. The number of hydrogen-bond donors (Lipinski definition) is 8. The zero-order valence-electron chi connectivity index (χ0n) is 18.3. The average molecular weight is 544 g/mol. The Labute approximate surface area is 206 Å². The molecule has 4 rings (SSSR count). The molecule has 37 heavy (non-hydrogen) atoms. The highest BCUT2D eigenvalue weighted by molar-refractivity contribution is 7.81. The van der Waals surface area contributed by atoms with Gasteiger partial charge in [0.05, 0.1) is 6.61 Å². The van der Waals surface area contributed by atoms with E-state index in [9.17, 15) is 49.0 Å². The van der Waals surface area contributed by atoms with E-state index in [0.717, 1.165) is 30.3 Å². The smallest absolute Gasteiger partial charge is 0.446 e. The molecule has 0 bridgehead atoms. The van der Waals surface area contributed by atoms with Gasteiger partial charge in [-0.1, -0.05) is 0 Å². The number of hydrogen-bond acceptors (Lipinski definition) is 14. The van der Waals surface area contributed by atoms with Gasteiger partial charge in [-0.05, 0) is 18.2 Å². The average Bonchev–Trinajstić information content (AvgIpc) is 2.80. The predicted octanol–water partition coefficient (Wildman–Crippen LogP) is -1.06. The molecular formula is C21H20O15S. The molecule has 16 heteroatoms. The summed E-state index contributed by atoms with van der Waals surface area (Å²) in [7, 11) is -5.09.